The highest BCUT2D eigenvalue weighted by Crippen LogP contribution is 2.21. The Kier molecular flexibility index (Phi) is 5.67. The highest BCUT2D eigenvalue weighted by molar-refractivity contribution is 5.92. The monoisotopic (exact) mass is 328 g/mol. The molecule has 1 aliphatic heterocycles. The molecule has 128 valence electrons. The number of hydrogen-bond donors (Lipinski definition) is 1. The van der Waals surface area contributed by atoms with Crippen molar-refractivity contribution in [3.63, 3.8) is 0 Å². The van der Waals surface area contributed by atoms with Crippen molar-refractivity contribution in [1.29, 1.82) is 0 Å². The molecule has 0 radical (unpaired) electrons. The van der Waals surface area contributed by atoms with Crippen LogP contribution in [-0.2, 0) is 22.7 Å². The van der Waals surface area contributed by atoms with Gasteiger partial charge in [0.15, 0.2) is 0 Å². The summed E-state index contributed by atoms with van der Waals surface area (Å²) in [5.74, 6) is 1.88. The van der Waals surface area contributed by atoms with Crippen molar-refractivity contribution < 1.29 is 13.9 Å². The highest BCUT2D eigenvalue weighted by Gasteiger charge is 2.26. The predicted octanol–water partition coefficient (Wildman–Crippen LogP) is 3.28. The van der Waals surface area contributed by atoms with Gasteiger partial charge in [0.2, 0.25) is 5.91 Å². The topological polar surface area (TPSA) is 54.7 Å². The number of nitrogens with zero attached hydrogens (tertiary/aromatic N) is 1. The van der Waals surface area contributed by atoms with Gasteiger partial charge in [-0.25, -0.2) is 0 Å². The van der Waals surface area contributed by atoms with Gasteiger partial charge in [0.05, 0.1) is 12.5 Å². The lowest BCUT2D eigenvalue weighted by Crippen LogP contribution is -2.40. The van der Waals surface area contributed by atoms with Gasteiger partial charge in [0.25, 0.3) is 0 Å². The molecule has 3 rings (SSSR count). The molecule has 1 aliphatic rings. The van der Waals surface area contributed by atoms with Crippen LogP contribution >= 0.6 is 0 Å². The molecule has 1 N–H and O–H groups in total. The maximum atomic E-state index is 12.5. The van der Waals surface area contributed by atoms with E-state index in [-0.39, 0.29) is 11.8 Å². The van der Waals surface area contributed by atoms with E-state index in [1.165, 1.54) is 0 Å². The van der Waals surface area contributed by atoms with Gasteiger partial charge in [-0.3, -0.25) is 9.69 Å². The number of para-hydroxylation sites is 1. The van der Waals surface area contributed by atoms with Crippen LogP contribution in [0.15, 0.2) is 46.9 Å². The van der Waals surface area contributed by atoms with Crippen LogP contribution in [-0.4, -0.2) is 31.0 Å². The third kappa shape index (κ3) is 4.46. The summed E-state index contributed by atoms with van der Waals surface area (Å²) in [4.78, 5) is 14.8. The highest BCUT2D eigenvalue weighted by atomic mass is 16.5. The van der Waals surface area contributed by atoms with Crippen molar-refractivity contribution in [2.75, 3.05) is 25.5 Å². The minimum Gasteiger partial charge on any atom is -0.462 e. The first kappa shape index (κ1) is 16.7. The van der Waals surface area contributed by atoms with E-state index in [0.717, 1.165) is 49.7 Å². The predicted molar refractivity (Wildman–Crippen MR) is 92.5 cm³/mol. The Morgan fingerprint density at radius 3 is 2.83 bits per heavy atom. The van der Waals surface area contributed by atoms with Crippen molar-refractivity contribution in [3.05, 3.63) is 54.0 Å². The number of furan rings is 1. The number of amides is 1. The van der Waals surface area contributed by atoms with E-state index in [1.54, 1.807) is 7.11 Å². The van der Waals surface area contributed by atoms with Crippen molar-refractivity contribution in [2.24, 2.45) is 5.92 Å². The molecule has 1 atom stereocenters. The normalized spacial score (nSPS) is 18.5. The molecular weight excluding hydrogens is 304 g/mol. The first-order valence-electron chi connectivity index (χ1n) is 8.39. The Morgan fingerprint density at radius 2 is 2.04 bits per heavy atom. The Bertz CT molecular complexity index is 654. The van der Waals surface area contributed by atoms with E-state index in [2.05, 4.69) is 10.2 Å². The number of rotatable bonds is 6. The molecule has 1 fully saturated rings. The number of likely N-dealkylation sites (tertiary alicyclic amines) is 1. The van der Waals surface area contributed by atoms with Crippen LogP contribution in [0.4, 0.5) is 5.69 Å². The van der Waals surface area contributed by atoms with Crippen LogP contribution in [0.2, 0.25) is 0 Å². The molecule has 1 aromatic heterocycles. The molecular formula is C19H24N2O3. The molecule has 0 bridgehead atoms. The molecule has 1 saturated heterocycles. The van der Waals surface area contributed by atoms with Gasteiger partial charge in [0, 0.05) is 19.3 Å². The maximum Gasteiger partial charge on any atom is 0.228 e. The molecule has 1 amide bonds. The minimum absolute atomic E-state index is 0.0207. The number of ether oxygens (including phenoxy) is 1. The van der Waals surface area contributed by atoms with Gasteiger partial charge < -0.3 is 14.5 Å². The molecule has 5 nitrogen and oxygen atoms in total. The summed E-state index contributed by atoms with van der Waals surface area (Å²) in [6.07, 6.45) is 1.96. The van der Waals surface area contributed by atoms with E-state index in [4.69, 9.17) is 9.15 Å². The Labute approximate surface area is 142 Å². The molecule has 2 aromatic rings. The van der Waals surface area contributed by atoms with Crippen LogP contribution in [0.3, 0.4) is 0 Å². The zero-order valence-electron chi connectivity index (χ0n) is 14.0. The lowest BCUT2D eigenvalue weighted by Gasteiger charge is -2.31. The fourth-order valence-electron chi connectivity index (χ4n) is 3.13. The van der Waals surface area contributed by atoms with Crippen molar-refractivity contribution in [3.8, 4) is 0 Å². The first-order valence-corrected chi connectivity index (χ1v) is 8.39. The Morgan fingerprint density at radius 1 is 1.25 bits per heavy atom. The van der Waals surface area contributed by atoms with E-state index < -0.39 is 0 Å². The third-order valence-electron chi connectivity index (χ3n) is 4.30. The Balaban J connectivity index is 1.54. The van der Waals surface area contributed by atoms with Gasteiger partial charge in [-0.2, -0.15) is 0 Å². The molecule has 0 spiro atoms. The second kappa shape index (κ2) is 8.13. The van der Waals surface area contributed by atoms with Crippen LogP contribution in [0, 0.1) is 5.92 Å². The standard InChI is InChI=1S/C19H24N2O3/c1-23-14-18-10-9-17(24-18)13-21-11-5-6-15(12-21)19(22)20-16-7-3-2-4-8-16/h2-4,7-10,15H,5-6,11-14H2,1H3,(H,20,22). The summed E-state index contributed by atoms with van der Waals surface area (Å²) < 4.78 is 10.8. The second-order valence-electron chi connectivity index (χ2n) is 6.23. The van der Waals surface area contributed by atoms with Crippen molar-refractivity contribution in [1.82, 2.24) is 4.90 Å². The summed E-state index contributed by atoms with van der Waals surface area (Å²) >= 11 is 0. The van der Waals surface area contributed by atoms with Gasteiger partial charge in [-0.15, -0.1) is 0 Å². The first-order chi connectivity index (χ1) is 11.7. The number of carbonyl (C=O) groups excluding carboxylic acids is 1. The molecule has 24 heavy (non-hydrogen) atoms. The molecule has 1 unspecified atom stereocenters. The number of benzene rings is 1. The SMILES string of the molecule is COCc1ccc(CN2CCCC(C(=O)Nc3ccccc3)C2)o1. The summed E-state index contributed by atoms with van der Waals surface area (Å²) in [5.41, 5.74) is 0.856. The lowest BCUT2D eigenvalue weighted by molar-refractivity contribution is -0.121. The minimum atomic E-state index is 0.0207. The van der Waals surface area contributed by atoms with Gasteiger partial charge >= 0.3 is 0 Å². The molecule has 5 heteroatoms. The van der Waals surface area contributed by atoms with Crippen LogP contribution in [0.1, 0.15) is 24.4 Å². The zero-order valence-corrected chi connectivity index (χ0v) is 14.0. The smallest absolute Gasteiger partial charge is 0.228 e. The third-order valence-corrected chi connectivity index (χ3v) is 4.30. The maximum absolute atomic E-state index is 12.5. The quantitative estimate of drug-likeness (QED) is 0.884. The number of nitrogens with one attached hydrogen (secondary N) is 1. The molecule has 0 aliphatic carbocycles. The fraction of sp³-hybridized carbons (Fsp3) is 0.421. The van der Waals surface area contributed by atoms with Gasteiger partial charge in [0.1, 0.15) is 18.1 Å². The summed E-state index contributed by atoms with van der Waals surface area (Å²) in [6, 6.07) is 13.6. The fourth-order valence-corrected chi connectivity index (χ4v) is 3.13. The van der Waals surface area contributed by atoms with E-state index in [9.17, 15) is 4.79 Å². The summed E-state index contributed by atoms with van der Waals surface area (Å²) in [5, 5.41) is 3.01. The van der Waals surface area contributed by atoms with Crippen LogP contribution in [0.25, 0.3) is 0 Å². The molecule has 0 saturated carbocycles. The lowest BCUT2D eigenvalue weighted by atomic mass is 9.97. The van der Waals surface area contributed by atoms with Crippen molar-refractivity contribution >= 4 is 11.6 Å². The van der Waals surface area contributed by atoms with Crippen LogP contribution < -0.4 is 5.32 Å². The van der Waals surface area contributed by atoms with Gasteiger partial charge in [-0.1, -0.05) is 18.2 Å². The summed E-state index contributed by atoms with van der Waals surface area (Å²) in [6.45, 7) is 2.98. The van der Waals surface area contributed by atoms with Crippen molar-refractivity contribution in [2.45, 2.75) is 26.0 Å². The molecule has 1 aromatic carbocycles. The number of methoxy groups -OCH3 is 1. The van der Waals surface area contributed by atoms with E-state index >= 15 is 0 Å². The van der Waals surface area contributed by atoms with E-state index in [1.807, 2.05) is 42.5 Å². The average molecular weight is 328 g/mol. The number of hydrogen-bond acceptors (Lipinski definition) is 4. The van der Waals surface area contributed by atoms with Gasteiger partial charge in [-0.05, 0) is 43.7 Å². The number of piperidine rings is 1. The number of anilines is 1. The Hall–Kier alpha value is -2.11. The molecule has 2 heterocycles. The largest absolute Gasteiger partial charge is 0.462 e. The average Bonchev–Trinajstić information content (AvgIpc) is 3.03. The summed E-state index contributed by atoms with van der Waals surface area (Å²) in [7, 11) is 1.66. The zero-order chi connectivity index (χ0) is 16.8. The second-order valence-corrected chi connectivity index (χ2v) is 6.23. The van der Waals surface area contributed by atoms with Crippen LogP contribution in [0.5, 0.6) is 0 Å². The van der Waals surface area contributed by atoms with E-state index in [0.29, 0.717) is 6.61 Å². The number of carbonyl (C=O) groups is 1.